The molecule has 0 spiro atoms. The van der Waals surface area contributed by atoms with E-state index in [4.69, 9.17) is 21.6 Å². The fraction of sp³-hybridized carbons (Fsp3) is 0.188. The largest absolute Gasteiger partial charge is 0.456 e. The van der Waals surface area contributed by atoms with E-state index in [0.29, 0.717) is 17.1 Å². The summed E-state index contributed by atoms with van der Waals surface area (Å²) in [6.45, 7) is -0.403. The Morgan fingerprint density at radius 2 is 2.17 bits per heavy atom. The molecular weight excluding hydrogens is 336 g/mol. The number of rotatable bonds is 6. The van der Waals surface area contributed by atoms with Crippen molar-refractivity contribution >= 4 is 40.5 Å². The lowest BCUT2D eigenvalue weighted by Crippen LogP contribution is -2.21. The highest BCUT2D eigenvalue weighted by Crippen LogP contribution is 2.20. The molecule has 0 aliphatic carbocycles. The van der Waals surface area contributed by atoms with Gasteiger partial charge in [-0.25, -0.2) is 0 Å². The standard InChI is InChI=1S/C16H13ClN2O3S/c17-13-3-2-12(8-18)14(7-13)19-15(20)9-22-16(21)4-1-11-5-6-23-10-11/h2-3,5-7,10H,1,4,9H2,(H,19,20). The van der Waals surface area contributed by atoms with Crippen LogP contribution in [-0.4, -0.2) is 18.5 Å². The lowest BCUT2D eigenvalue weighted by atomic mass is 10.2. The van der Waals surface area contributed by atoms with Crippen molar-refractivity contribution in [1.29, 1.82) is 5.26 Å². The predicted molar refractivity (Wildman–Crippen MR) is 88.4 cm³/mol. The second-order valence-corrected chi connectivity index (χ2v) is 5.86. The number of anilines is 1. The van der Waals surface area contributed by atoms with Crippen molar-refractivity contribution in [3.8, 4) is 6.07 Å². The minimum atomic E-state index is -0.521. The molecule has 0 saturated carbocycles. The van der Waals surface area contributed by atoms with Crippen molar-refractivity contribution < 1.29 is 14.3 Å². The number of aryl methyl sites for hydroxylation is 1. The van der Waals surface area contributed by atoms with Crippen LogP contribution in [0.1, 0.15) is 17.5 Å². The zero-order chi connectivity index (χ0) is 16.7. The Labute approximate surface area is 142 Å². The number of halogens is 1. The highest BCUT2D eigenvalue weighted by molar-refractivity contribution is 7.07. The molecular formula is C16H13ClN2O3S. The van der Waals surface area contributed by atoms with E-state index in [1.807, 2.05) is 22.9 Å². The first-order valence-corrected chi connectivity index (χ1v) is 8.07. The first-order valence-electron chi connectivity index (χ1n) is 6.74. The monoisotopic (exact) mass is 348 g/mol. The third kappa shape index (κ3) is 5.40. The average Bonchev–Trinajstić information content (AvgIpc) is 3.04. The van der Waals surface area contributed by atoms with Gasteiger partial charge in [-0.3, -0.25) is 9.59 Å². The SMILES string of the molecule is N#Cc1ccc(Cl)cc1NC(=O)COC(=O)CCc1ccsc1. The van der Waals surface area contributed by atoms with Crippen LogP contribution in [0, 0.1) is 11.3 Å². The number of carbonyl (C=O) groups excluding carboxylic acids is 2. The molecule has 0 saturated heterocycles. The van der Waals surface area contributed by atoms with Crippen LogP contribution in [0.3, 0.4) is 0 Å². The van der Waals surface area contributed by atoms with Crippen LogP contribution >= 0.6 is 22.9 Å². The summed E-state index contributed by atoms with van der Waals surface area (Å²) in [5.41, 5.74) is 1.64. The minimum Gasteiger partial charge on any atom is -0.456 e. The fourth-order valence-corrected chi connectivity index (χ4v) is 2.68. The number of carbonyl (C=O) groups is 2. The summed E-state index contributed by atoms with van der Waals surface area (Å²) in [6.07, 6.45) is 0.793. The second-order valence-electron chi connectivity index (χ2n) is 4.64. The van der Waals surface area contributed by atoms with E-state index in [1.165, 1.54) is 12.1 Å². The third-order valence-electron chi connectivity index (χ3n) is 2.94. The van der Waals surface area contributed by atoms with E-state index < -0.39 is 18.5 Å². The first kappa shape index (κ1) is 17.0. The van der Waals surface area contributed by atoms with Crippen molar-refractivity contribution in [3.63, 3.8) is 0 Å². The number of hydrogen-bond donors (Lipinski definition) is 1. The summed E-state index contributed by atoms with van der Waals surface area (Å²) in [4.78, 5) is 23.4. The number of thiophene rings is 1. The van der Waals surface area contributed by atoms with Crippen molar-refractivity contribution in [3.05, 3.63) is 51.2 Å². The molecule has 7 heteroatoms. The highest BCUT2D eigenvalue weighted by atomic mass is 35.5. The van der Waals surface area contributed by atoms with Gasteiger partial charge >= 0.3 is 5.97 Å². The number of esters is 1. The van der Waals surface area contributed by atoms with Gasteiger partial charge in [-0.05, 0) is 47.0 Å². The number of ether oxygens (including phenoxy) is 1. The lowest BCUT2D eigenvalue weighted by molar-refractivity contribution is -0.147. The van der Waals surface area contributed by atoms with E-state index >= 15 is 0 Å². The number of hydrogen-bond acceptors (Lipinski definition) is 5. The molecule has 0 unspecified atom stereocenters. The number of nitrogens with zero attached hydrogens (tertiary/aromatic N) is 1. The Morgan fingerprint density at radius 1 is 1.35 bits per heavy atom. The van der Waals surface area contributed by atoms with Crippen molar-refractivity contribution in [1.82, 2.24) is 0 Å². The maximum atomic E-state index is 11.8. The Balaban J connectivity index is 1.80. The van der Waals surface area contributed by atoms with Gasteiger partial charge < -0.3 is 10.1 Å². The zero-order valence-electron chi connectivity index (χ0n) is 12.0. The van der Waals surface area contributed by atoms with Crippen LogP contribution in [-0.2, 0) is 20.7 Å². The molecule has 5 nitrogen and oxygen atoms in total. The maximum absolute atomic E-state index is 11.8. The summed E-state index contributed by atoms with van der Waals surface area (Å²) in [7, 11) is 0. The molecule has 2 aromatic rings. The molecule has 0 aliphatic rings. The summed E-state index contributed by atoms with van der Waals surface area (Å²) in [5.74, 6) is -0.967. The van der Waals surface area contributed by atoms with E-state index in [0.717, 1.165) is 5.56 Å². The van der Waals surface area contributed by atoms with Crippen LogP contribution < -0.4 is 5.32 Å². The molecule has 0 aliphatic heterocycles. The van der Waals surface area contributed by atoms with E-state index in [2.05, 4.69) is 5.32 Å². The van der Waals surface area contributed by atoms with Gasteiger partial charge in [-0.15, -0.1) is 0 Å². The summed E-state index contributed by atoms with van der Waals surface area (Å²) < 4.78 is 4.91. The van der Waals surface area contributed by atoms with Gasteiger partial charge in [0.1, 0.15) is 6.07 Å². The number of amides is 1. The smallest absolute Gasteiger partial charge is 0.306 e. The molecule has 118 valence electrons. The van der Waals surface area contributed by atoms with Crippen LogP contribution in [0.4, 0.5) is 5.69 Å². The average molecular weight is 349 g/mol. The van der Waals surface area contributed by atoms with Gasteiger partial charge in [0.15, 0.2) is 6.61 Å². The molecule has 0 fully saturated rings. The van der Waals surface area contributed by atoms with Crippen molar-refractivity contribution in [2.45, 2.75) is 12.8 Å². The molecule has 1 aromatic heterocycles. The molecule has 0 atom stereocenters. The van der Waals surface area contributed by atoms with Crippen molar-refractivity contribution in [2.75, 3.05) is 11.9 Å². The molecule has 0 radical (unpaired) electrons. The van der Waals surface area contributed by atoms with Gasteiger partial charge in [0, 0.05) is 11.4 Å². The Hall–Kier alpha value is -2.36. The quantitative estimate of drug-likeness (QED) is 0.811. The van der Waals surface area contributed by atoms with Gasteiger partial charge in [-0.2, -0.15) is 16.6 Å². The predicted octanol–water partition coefficient (Wildman–Crippen LogP) is 3.39. The van der Waals surface area contributed by atoms with Gasteiger partial charge in [0.2, 0.25) is 0 Å². The zero-order valence-corrected chi connectivity index (χ0v) is 13.6. The molecule has 1 aromatic carbocycles. The summed E-state index contributed by atoms with van der Waals surface area (Å²) >= 11 is 7.39. The topological polar surface area (TPSA) is 79.2 Å². The number of nitrogens with one attached hydrogen (secondary N) is 1. The highest BCUT2D eigenvalue weighted by Gasteiger charge is 2.11. The normalized spacial score (nSPS) is 9.91. The molecule has 1 amide bonds. The first-order chi connectivity index (χ1) is 11.1. The van der Waals surface area contributed by atoms with E-state index in [9.17, 15) is 9.59 Å². The van der Waals surface area contributed by atoms with Crippen LogP contribution in [0.15, 0.2) is 35.0 Å². The molecule has 0 bridgehead atoms. The Bertz CT molecular complexity index is 738. The van der Waals surface area contributed by atoms with E-state index in [-0.39, 0.29) is 12.0 Å². The second kappa shape index (κ2) is 8.32. The van der Waals surface area contributed by atoms with Crippen LogP contribution in [0.25, 0.3) is 0 Å². The van der Waals surface area contributed by atoms with Crippen LogP contribution in [0.2, 0.25) is 5.02 Å². The molecule has 23 heavy (non-hydrogen) atoms. The summed E-state index contributed by atoms with van der Waals surface area (Å²) in [5, 5.41) is 15.8. The van der Waals surface area contributed by atoms with Gasteiger partial charge in [0.25, 0.3) is 5.91 Å². The maximum Gasteiger partial charge on any atom is 0.306 e. The Morgan fingerprint density at radius 3 is 2.87 bits per heavy atom. The van der Waals surface area contributed by atoms with Gasteiger partial charge in [0.05, 0.1) is 11.3 Å². The van der Waals surface area contributed by atoms with Crippen LogP contribution in [0.5, 0.6) is 0 Å². The third-order valence-corrected chi connectivity index (χ3v) is 3.91. The molecule has 2 rings (SSSR count). The molecule has 1 N–H and O–H groups in total. The fourth-order valence-electron chi connectivity index (χ4n) is 1.80. The number of nitriles is 1. The molecule has 1 heterocycles. The Kier molecular flexibility index (Phi) is 6.15. The number of benzene rings is 1. The van der Waals surface area contributed by atoms with Gasteiger partial charge in [-0.1, -0.05) is 11.6 Å². The van der Waals surface area contributed by atoms with E-state index in [1.54, 1.807) is 17.4 Å². The minimum absolute atomic E-state index is 0.213. The lowest BCUT2D eigenvalue weighted by Gasteiger charge is -2.08. The summed E-state index contributed by atoms with van der Waals surface area (Å²) in [6, 6.07) is 8.42. The van der Waals surface area contributed by atoms with Crippen molar-refractivity contribution in [2.24, 2.45) is 0 Å².